The van der Waals surface area contributed by atoms with Crippen molar-refractivity contribution in [2.45, 2.75) is 45.1 Å². The van der Waals surface area contributed by atoms with Gasteiger partial charge in [0.05, 0.1) is 5.69 Å². The van der Waals surface area contributed by atoms with Crippen LogP contribution in [0.15, 0.2) is 30.3 Å². The van der Waals surface area contributed by atoms with Crippen molar-refractivity contribution < 1.29 is 4.79 Å². The number of amides is 1. The van der Waals surface area contributed by atoms with E-state index in [1.54, 1.807) is 24.3 Å². The first-order valence-corrected chi connectivity index (χ1v) is 8.37. The molecule has 0 radical (unpaired) electrons. The lowest BCUT2D eigenvalue weighted by Crippen LogP contribution is -2.18. The average molecular weight is 325 g/mol. The summed E-state index contributed by atoms with van der Waals surface area (Å²) in [6.07, 6.45) is 3.26. The van der Waals surface area contributed by atoms with Crippen molar-refractivity contribution in [2.75, 3.05) is 16.4 Å². The Labute approximate surface area is 141 Å². The minimum absolute atomic E-state index is 0.204. The average Bonchev–Trinajstić information content (AvgIpc) is 3.40. The summed E-state index contributed by atoms with van der Waals surface area (Å²) < 4.78 is 0. The summed E-state index contributed by atoms with van der Waals surface area (Å²) >= 11 is 0. The highest BCUT2D eigenvalue weighted by atomic mass is 16.1. The van der Waals surface area contributed by atoms with E-state index in [2.05, 4.69) is 34.4 Å². The number of rotatable bonds is 6. The van der Waals surface area contributed by atoms with E-state index in [4.69, 9.17) is 5.73 Å². The zero-order chi connectivity index (χ0) is 17.1. The van der Waals surface area contributed by atoms with Crippen LogP contribution in [0.1, 0.15) is 55.1 Å². The monoisotopic (exact) mass is 325 g/mol. The van der Waals surface area contributed by atoms with Crippen molar-refractivity contribution in [3.05, 3.63) is 41.6 Å². The SMILES string of the molecule is CC[C@H](C)Nc1nc(NC(=O)c2ccc(N)cc2)cc(C2CC2)n1. The summed E-state index contributed by atoms with van der Waals surface area (Å²) in [5, 5.41) is 6.15. The maximum Gasteiger partial charge on any atom is 0.256 e. The fraction of sp³-hybridized carbons (Fsp3) is 0.389. The van der Waals surface area contributed by atoms with E-state index in [0.29, 0.717) is 28.9 Å². The van der Waals surface area contributed by atoms with Gasteiger partial charge in [-0.15, -0.1) is 0 Å². The van der Waals surface area contributed by atoms with Crippen LogP contribution in [0.25, 0.3) is 0 Å². The standard InChI is InChI=1S/C18H23N5O/c1-3-11(2)20-18-21-15(12-4-5-12)10-16(23-18)22-17(24)13-6-8-14(19)9-7-13/h6-12H,3-5,19H2,1-2H3,(H2,20,21,22,23,24)/t11-/m0/s1. The molecule has 24 heavy (non-hydrogen) atoms. The lowest BCUT2D eigenvalue weighted by Gasteiger charge is -2.14. The Kier molecular flexibility index (Phi) is 4.64. The molecule has 6 nitrogen and oxygen atoms in total. The Bertz CT molecular complexity index is 725. The van der Waals surface area contributed by atoms with Gasteiger partial charge in [-0.1, -0.05) is 6.92 Å². The number of carbonyl (C=O) groups excluding carboxylic acids is 1. The molecule has 0 saturated heterocycles. The molecule has 1 atom stereocenters. The van der Waals surface area contributed by atoms with E-state index in [-0.39, 0.29) is 11.9 Å². The van der Waals surface area contributed by atoms with Crippen molar-refractivity contribution in [3.8, 4) is 0 Å². The maximum absolute atomic E-state index is 12.4. The smallest absolute Gasteiger partial charge is 0.256 e. The summed E-state index contributed by atoms with van der Waals surface area (Å²) in [5.74, 6) is 1.38. The van der Waals surface area contributed by atoms with Gasteiger partial charge in [-0.2, -0.15) is 4.98 Å². The molecule has 6 heteroatoms. The lowest BCUT2D eigenvalue weighted by molar-refractivity contribution is 0.102. The van der Waals surface area contributed by atoms with Crippen molar-refractivity contribution >= 4 is 23.4 Å². The molecular formula is C18H23N5O. The first kappa shape index (κ1) is 16.2. The van der Waals surface area contributed by atoms with Gasteiger partial charge in [0, 0.05) is 29.3 Å². The van der Waals surface area contributed by atoms with Crippen LogP contribution in [-0.4, -0.2) is 21.9 Å². The summed E-state index contributed by atoms with van der Waals surface area (Å²) in [5.41, 5.74) is 7.83. The summed E-state index contributed by atoms with van der Waals surface area (Å²) in [7, 11) is 0. The highest BCUT2D eigenvalue weighted by Crippen LogP contribution is 2.39. The molecule has 3 rings (SSSR count). The Morgan fingerprint density at radius 1 is 1.29 bits per heavy atom. The second-order valence-corrected chi connectivity index (χ2v) is 6.31. The van der Waals surface area contributed by atoms with Gasteiger partial charge in [0.15, 0.2) is 0 Å². The second-order valence-electron chi connectivity index (χ2n) is 6.31. The fourth-order valence-electron chi connectivity index (χ4n) is 2.33. The minimum atomic E-state index is -0.204. The first-order chi connectivity index (χ1) is 11.5. The number of nitrogens with one attached hydrogen (secondary N) is 2. The van der Waals surface area contributed by atoms with Crippen LogP contribution in [0.2, 0.25) is 0 Å². The molecule has 1 aromatic carbocycles. The molecule has 1 aliphatic rings. The van der Waals surface area contributed by atoms with Crippen LogP contribution in [0.3, 0.4) is 0 Å². The number of hydrogen-bond donors (Lipinski definition) is 3. The molecule has 0 spiro atoms. The largest absolute Gasteiger partial charge is 0.399 e. The molecule has 2 aromatic rings. The lowest BCUT2D eigenvalue weighted by atomic mass is 10.2. The minimum Gasteiger partial charge on any atom is -0.399 e. The molecule has 126 valence electrons. The Hall–Kier alpha value is -2.63. The van der Waals surface area contributed by atoms with Crippen LogP contribution < -0.4 is 16.4 Å². The van der Waals surface area contributed by atoms with Crippen molar-refractivity contribution in [1.82, 2.24) is 9.97 Å². The molecule has 1 aromatic heterocycles. The molecule has 1 heterocycles. The third-order valence-corrected chi connectivity index (χ3v) is 4.14. The topological polar surface area (TPSA) is 92.9 Å². The molecular weight excluding hydrogens is 302 g/mol. The van der Waals surface area contributed by atoms with E-state index in [9.17, 15) is 4.79 Å². The summed E-state index contributed by atoms with van der Waals surface area (Å²) in [6.45, 7) is 4.19. The Morgan fingerprint density at radius 3 is 2.62 bits per heavy atom. The maximum atomic E-state index is 12.4. The third-order valence-electron chi connectivity index (χ3n) is 4.14. The van der Waals surface area contributed by atoms with E-state index in [1.807, 2.05) is 6.07 Å². The first-order valence-electron chi connectivity index (χ1n) is 8.37. The van der Waals surface area contributed by atoms with E-state index >= 15 is 0 Å². The zero-order valence-electron chi connectivity index (χ0n) is 14.0. The molecule has 0 unspecified atom stereocenters. The van der Waals surface area contributed by atoms with Gasteiger partial charge in [-0.3, -0.25) is 4.79 Å². The molecule has 0 aliphatic heterocycles. The second kappa shape index (κ2) is 6.86. The van der Waals surface area contributed by atoms with E-state index in [0.717, 1.165) is 25.0 Å². The van der Waals surface area contributed by atoms with Gasteiger partial charge in [-0.05, 0) is 50.5 Å². The number of carbonyl (C=O) groups is 1. The van der Waals surface area contributed by atoms with Gasteiger partial charge in [0.1, 0.15) is 5.82 Å². The van der Waals surface area contributed by atoms with Crippen molar-refractivity contribution in [2.24, 2.45) is 0 Å². The highest BCUT2D eigenvalue weighted by molar-refractivity contribution is 6.04. The number of nitrogen functional groups attached to an aromatic ring is 1. The molecule has 1 aliphatic carbocycles. The van der Waals surface area contributed by atoms with Crippen LogP contribution in [0.4, 0.5) is 17.5 Å². The predicted molar refractivity (Wildman–Crippen MR) is 96.2 cm³/mol. The van der Waals surface area contributed by atoms with Gasteiger partial charge in [-0.25, -0.2) is 4.98 Å². The molecule has 4 N–H and O–H groups in total. The van der Waals surface area contributed by atoms with E-state index in [1.165, 1.54) is 0 Å². The molecule has 0 bridgehead atoms. The van der Waals surface area contributed by atoms with Crippen LogP contribution in [-0.2, 0) is 0 Å². The van der Waals surface area contributed by atoms with Gasteiger partial charge >= 0.3 is 0 Å². The Morgan fingerprint density at radius 2 is 2.00 bits per heavy atom. The van der Waals surface area contributed by atoms with Crippen molar-refractivity contribution in [3.63, 3.8) is 0 Å². The number of nitrogens with two attached hydrogens (primary N) is 1. The van der Waals surface area contributed by atoms with Gasteiger partial charge in [0.25, 0.3) is 5.91 Å². The normalized spacial score (nSPS) is 14.9. The number of nitrogens with zero attached hydrogens (tertiary/aromatic N) is 2. The van der Waals surface area contributed by atoms with Crippen LogP contribution in [0.5, 0.6) is 0 Å². The van der Waals surface area contributed by atoms with E-state index < -0.39 is 0 Å². The van der Waals surface area contributed by atoms with Gasteiger partial charge in [0.2, 0.25) is 5.95 Å². The van der Waals surface area contributed by atoms with Gasteiger partial charge < -0.3 is 16.4 Å². The Balaban J connectivity index is 1.80. The predicted octanol–water partition coefficient (Wildman–Crippen LogP) is 3.40. The molecule has 1 fully saturated rings. The third kappa shape index (κ3) is 4.01. The summed E-state index contributed by atoms with van der Waals surface area (Å²) in [6, 6.07) is 8.97. The highest BCUT2D eigenvalue weighted by Gasteiger charge is 2.26. The molecule has 1 saturated carbocycles. The zero-order valence-corrected chi connectivity index (χ0v) is 14.0. The number of aromatic nitrogens is 2. The quantitative estimate of drug-likeness (QED) is 0.708. The fourth-order valence-corrected chi connectivity index (χ4v) is 2.33. The number of anilines is 3. The summed E-state index contributed by atoms with van der Waals surface area (Å²) in [4.78, 5) is 21.4. The van der Waals surface area contributed by atoms with Crippen LogP contribution in [0, 0.1) is 0 Å². The van der Waals surface area contributed by atoms with Crippen molar-refractivity contribution in [1.29, 1.82) is 0 Å². The number of benzene rings is 1. The number of hydrogen-bond acceptors (Lipinski definition) is 5. The molecule has 1 amide bonds. The van der Waals surface area contributed by atoms with Crippen LogP contribution >= 0.6 is 0 Å².